The van der Waals surface area contributed by atoms with Gasteiger partial charge in [0, 0.05) is 0 Å². The zero-order chi connectivity index (χ0) is 17.6. The summed E-state index contributed by atoms with van der Waals surface area (Å²) in [5, 5.41) is 0. The van der Waals surface area contributed by atoms with Crippen LogP contribution in [0.5, 0.6) is 0 Å². The zero-order valence-electron chi connectivity index (χ0n) is 13.8. The first-order valence-electron chi connectivity index (χ1n) is 7.72. The van der Waals surface area contributed by atoms with Crippen molar-refractivity contribution in [1.82, 2.24) is 4.31 Å². The standard InChI is InChI=1S/C19H21NO3S/c1-3-4-14-20(19(21)15-17-8-6-5-7-9-17)24(22,23)18-12-10-16(2)11-13-18/h3-13H,14-15H2,1-2H3/b4-3+. The van der Waals surface area contributed by atoms with E-state index in [1.165, 1.54) is 12.1 Å². The van der Waals surface area contributed by atoms with Crippen LogP contribution in [-0.2, 0) is 21.2 Å². The summed E-state index contributed by atoms with van der Waals surface area (Å²) < 4.78 is 26.6. The maximum Gasteiger partial charge on any atom is 0.266 e. The summed E-state index contributed by atoms with van der Waals surface area (Å²) in [6.07, 6.45) is 3.44. The maximum atomic E-state index is 12.9. The van der Waals surface area contributed by atoms with Crippen LogP contribution in [0, 0.1) is 6.92 Å². The van der Waals surface area contributed by atoms with Gasteiger partial charge in [-0.1, -0.05) is 60.2 Å². The molecule has 1 amide bonds. The van der Waals surface area contributed by atoms with Crippen molar-refractivity contribution in [3.8, 4) is 0 Å². The SMILES string of the molecule is C/C=C/CN(C(=O)Cc1ccccc1)S(=O)(=O)c1ccc(C)cc1. The van der Waals surface area contributed by atoms with Gasteiger partial charge in [0.2, 0.25) is 5.91 Å². The topological polar surface area (TPSA) is 54.5 Å². The lowest BCUT2D eigenvalue weighted by molar-refractivity contribution is -0.125. The fraction of sp³-hybridized carbons (Fsp3) is 0.211. The van der Waals surface area contributed by atoms with Crippen molar-refractivity contribution in [2.75, 3.05) is 6.54 Å². The van der Waals surface area contributed by atoms with Gasteiger partial charge in [-0.15, -0.1) is 0 Å². The Morgan fingerprint density at radius 1 is 1.04 bits per heavy atom. The molecule has 0 N–H and O–H groups in total. The molecule has 0 atom stereocenters. The Bertz CT molecular complexity index is 809. The summed E-state index contributed by atoms with van der Waals surface area (Å²) in [5.74, 6) is -0.445. The molecule has 0 aliphatic heterocycles. The zero-order valence-corrected chi connectivity index (χ0v) is 14.7. The van der Waals surface area contributed by atoms with Gasteiger partial charge in [0.1, 0.15) is 0 Å². The second-order valence-electron chi connectivity index (χ2n) is 5.47. The third-order valence-corrected chi connectivity index (χ3v) is 5.39. The number of allylic oxidation sites excluding steroid dienone is 1. The third kappa shape index (κ3) is 4.32. The fourth-order valence-electron chi connectivity index (χ4n) is 2.23. The van der Waals surface area contributed by atoms with Gasteiger partial charge in [-0.2, -0.15) is 0 Å². The molecule has 5 heteroatoms. The van der Waals surface area contributed by atoms with Crippen LogP contribution in [0.25, 0.3) is 0 Å². The second kappa shape index (κ2) is 7.93. The minimum atomic E-state index is -3.88. The molecule has 0 aliphatic carbocycles. The molecule has 0 saturated heterocycles. The quantitative estimate of drug-likeness (QED) is 0.756. The normalized spacial score (nSPS) is 11.6. The van der Waals surface area contributed by atoms with E-state index in [0.717, 1.165) is 15.4 Å². The summed E-state index contributed by atoms with van der Waals surface area (Å²) in [6.45, 7) is 3.70. The molecule has 0 bridgehead atoms. The van der Waals surface area contributed by atoms with Crippen molar-refractivity contribution in [2.24, 2.45) is 0 Å². The average Bonchev–Trinajstić information content (AvgIpc) is 2.56. The van der Waals surface area contributed by atoms with Crippen molar-refractivity contribution in [1.29, 1.82) is 0 Å². The molecule has 0 aliphatic rings. The van der Waals surface area contributed by atoms with Crippen LogP contribution < -0.4 is 0 Å². The first-order chi connectivity index (χ1) is 11.4. The van der Waals surface area contributed by atoms with Gasteiger partial charge < -0.3 is 0 Å². The Morgan fingerprint density at radius 2 is 1.67 bits per heavy atom. The highest BCUT2D eigenvalue weighted by atomic mass is 32.2. The molecule has 0 fully saturated rings. The Kier molecular flexibility index (Phi) is 5.93. The molecule has 0 heterocycles. The maximum absolute atomic E-state index is 12.9. The summed E-state index contributed by atoms with van der Waals surface area (Å²) in [5.41, 5.74) is 1.75. The Balaban J connectivity index is 2.33. The van der Waals surface area contributed by atoms with E-state index in [-0.39, 0.29) is 17.9 Å². The van der Waals surface area contributed by atoms with Gasteiger partial charge in [-0.25, -0.2) is 12.7 Å². The summed E-state index contributed by atoms with van der Waals surface area (Å²) >= 11 is 0. The van der Waals surface area contributed by atoms with Gasteiger partial charge in [0.05, 0.1) is 17.9 Å². The molecular weight excluding hydrogens is 322 g/mol. The van der Waals surface area contributed by atoms with Gasteiger partial charge >= 0.3 is 0 Å². The van der Waals surface area contributed by atoms with Gasteiger partial charge in [0.25, 0.3) is 10.0 Å². The highest BCUT2D eigenvalue weighted by Crippen LogP contribution is 2.18. The number of nitrogens with zero attached hydrogens (tertiary/aromatic N) is 1. The number of hydrogen-bond acceptors (Lipinski definition) is 3. The van der Waals surface area contributed by atoms with Crippen molar-refractivity contribution < 1.29 is 13.2 Å². The number of rotatable bonds is 6. The monoisotopic (exact) mass is 343 g/mol. The molecule has 0 radical (unpaired) electrons. The molecule has 0 unspecified atom stereocenters. The summed E-state index contributed by atoms with van der Waals surface area (Å²) in [6, 6.07) is 15.6. The third-order valence-electron chi connectivity index (χ3n) is 3.59. The van der Waals surface area contributed by atoms with Crippen LogP contribution in [0.1, 0.15) is 18.1 Å². The van der Waals surface area contributed by atoms with Gasteiger partial charge in [-0.05, 0) is 31.5 Å². The van der Waals surface area contributed by atoms with Crippen LogP contribution in [0.3, 0.4) is 0 Å². The molecule has 24 heavy (non-hydrogen) atoms. The molecule has 2 aromatic rings. The summed E-state index contributed by atoms with van der Waals surface area (Å²) in [4.78, 5) is 12.7. The predicted molar refractivity (Wildman–Crippen MR) is 95.0 cm³/mol. The van der Waals surface area contributed by atoms with E-state index in [1.54, 1.807) is 31.2 Å². The minimum absolute atomic E-state index is 0.0262. The van der Waals surface area contributed by atoms with Gasteiger partial charge in [-0.3, -0.25) is 4.79 Å². The first-order valence-corrected chi connectivity index (χ1v) is 9.16. The van der Waals surface area contributed by atoms with E-state index in [9.17, 15) is 13.2 Å². The Hall–Kier alpha value is -2.40. The van der Waals surface area contributed by atoms with E-state index in [2.05, 4.69) is 0 Å². The highest BCUT2D eigenvalue weighted by Gasteiger charge is 2.28. The number of aryl methyl sites for hydroxylation is 1. The lowest BCUT2D eigenvalue weighted by atomic mass is 10.1. The Labute approximate surface area is 143 Å². The predicted octanol–water partition coefficient (Wildman–Crippen LogP) is 3.33. The van der Waals surface area contributed by atoms with Crippen molar-refractivity contribution in [2.45, 2.75) is 25.2 Å². The van der Waals surface area contributed by atoms with E-state index in [4.69, 9.17) is 0 Å². The van der Waals surface area contributed by atoms with E-state index in [0.29, 0.717) is 0 Å². The molecule has 0 aromatic heterocycles. The molecule has 4 nitrogen and oxygen atoms in total. The van der Waals surface area contributed by atoms with Gasteiger partial charge in [0.15, 0.2) is 0 Å². The van der Waals surface area contributed by atoms with Crippen LogP contribution in [0.4, 0.5) is 0 Å². The molecular formula is C19H21NO3S. The molecule has 0 saturated carbocycles. The number of hydrogen-bond donors (Lipinski definition) is 0. The average molecular weight is 343 g/mol. The van der Waals surface area contributed by atoms with E-state index < -0.39 is 15.9 Å². The van der Waals surface area contributed by atoms with Crippen LogP contribution in [-0.4, -0.2) is 25.2 Å². The van der Waals surface area contributed by atoms with E-state index in [1.807, 2.05) is 37.3 Å². The van der Waals surface area contributed by atoms with Crippen LogP contribution in [0.2, 0.25) is 0 Å². The fourth-order valence-corrected chi connectivity index (χ4v) is 3.58. The number of amides is 1. The van der Waals surface area contributed by atoms with Crippen molar-refractivity contribution in [3.63, 3.8) is 0 Å². The number of benzene rings is 2. The highest BCUT2D eigenvalue weighted by molar-refractivity contribution is 7.89. The molecule has 2 rings (SSSR count). The summed E-state index contributed by atoms with van der Waals surface area (Å²) in [7, 11) is -3.88. The molecule has 0 spiro atoms. The molecule has 2 aromatic carbocycles. The van der Waals surface area contributed by atoms with Crippen molar-refractivity contribution in [3.05, 3.63) is 77.9 Å². The lowest BCUT2D eigenvalue weighted by Crippen LogP contribution is -2.38. The molecule has 126 valence electrons. The number of sulfonamides is 1. The van der Waals surface area contributed by atoms with Crippen molar-refractivity contribution >= 4 is 15.9 Å². The van der Waals surface area contributed by atoms with E-state index >= 15 is 0 Å². The largest absolute Gasteiger partial charge is 0.273 e. The first kappa shape index (κ1) is 17.9. The van der Waals surface area contributed by atoms with Crippen LogP contribution >= 0.6 is 0 Å². The lowest BCUT2D eigenvalue weighted by Gasteiger charge is -2.21. The number of carbonyl (C=O) groups is 1. The van der Waals surface area contributed by atoms with Crippen LogP contribution in [0.15, 0.2) is 71.6 Å². The smallest absolute Gasteiger partial charge is 0.266 e. The Morgan fingerprint density at radius 3 is 2.25 bits per heavy atom. The minimum Gasteiger partial charge on any atom is -0.273 e. The number of carbonyl (C=O) groups excluding carboxylic acids is 1. The second-order valence-corrected chi connectivity index (χ2v) is 7.34.